The molecule has 0 aliphatic rings. The summed E-state index contributed by atoms with van der Waals surface area (Å²) >= 11 is 5.93. The lowest BCUT2D eigenvalue weighted by atomic mass is 10.1. The summed E-state index contributed by atoms with van der Waals surface area (Å²) in [6.07, 6.45) is 1.55. The minimum Gasteiger partial charge on any atom is -0.476 e. The molecule has 0 atom stereocenters. The van der Waals surface area contributed by atoms with Crippen molar-refractivity contribution in [1.29, 1.82) is 0 Å². The van der Waals surface area contributed by atoms with Gasteiger partial charge in [0.2, 0.25) is 0 Å². The van der Waals surface area contributed by atoms with Gasteiger partial charge in [0.25, 0.3) is 0 Å². The maximum absolute atomic E-state index is 11.3. The Balaban J connectivity index is 2.22. The number of aromatic carboxylic acids is 1. The quantitative estimate of drug-likeness (QED) is 0.770. The Kier molecular flexibility index (Phi) is 3.92. The molecule has 3 aromatic rings. The number of nitrogens with zero attached hydrogens (tertiary/aromatic N) is 2. The van der Waals surface area contributed by atoms with E-state index < -0.39 is 5.97 Å². The molecule has 1 aromatic heterocycles. The van der Waals surface area contributed by atoms with Gasteiger partial charge in [-0.2, -0.15) is 0 Å². The minimum absolute atomic E-state index is 0.00919. The molecule has 0 aliphatic heterocycles. The molecule has 1 N–H and O–H groups in total. The van der Waals surface area contributed by atoms with E-state index in [-0.39, 0.29) is 5.69 Å². The first kappa shape index (κ1) is 15.3. The average Bonchev–Trinajstić information content (AvgIpc) is 2.93. The zero-order valence-electron chi connectivity index (χ0n) is 12.7. The van der Waals surface area contributed by atoms with Gasteiger partial charge in [-0.15, -0.1) is 0 Å². The van der Waals surface area contributed by atoms with Crippen molar-refractivity contribution in [3.63, 3.8) is 0 Å². The minimum atomic E-state index is -1.05. The predicted octanol–water partition coefficient (Wildman–Crippen LogP) is 4.51. The molecule has 0 saturated heterocycles. The van der Waals surface area contributed by atoms with E-state index in [1.165, 1.54) is 0 Å². The second-order valence-corrected chi connectivity index (χ2v) is 5.86. The zero-order chi connectivity index (χ0) is 16.6. The van der Waals surface area contributed by atoms with Gasteiger partial charge in [0.05, 0.1) is 5.69 Å². The van der Waals surface area contributed by atoms with Crippen LogP contribution in [-0.4, -0.2) is 20.6 Å². The summed E-state index contributed by atoms with van der Waals surface area (Å²) in [7, 11) is 0. The van der Waals surface area contributed by atoms with E-state index in [9.17, 15) is 9.90 Å². The van der Waals surface area contributed by atoms with Crippen LogP contribution in [0.3, 0.4) is 0 Å². The highest BCUT2D eigenvalue weighted by Crippen LogP contribution is 2.26. The second kappa shape index (κ2) is 5.89. The fraction of sp³-hybridized carbons (Fsp3) is 0.111. The maximum atomic E-state index is 11.3. The molecule has 116 valence electrons. The van der Waals surface area contributed by atoms with Crippen LogP contribution in [0.4, 0.5) is 0 Å². The molecular weight excluding hydrogens is 312 g/mol. The summed E-state index contributed by atoms with van der Waals surface area (Å²) in [5.41, 5.74) is 3.92. The van der Waals surface area contributed by atoms with Gasteiger partial charge >= 0.3 is 5.97 Å². The first-order valence-electron chi connectivity index (χ1n) is 7.12. The molecular formula is C18H15ClN2O2. The molecule has 0 fully saturated rings. The SMILES string of the molecule is Cc1ccc(-n2cc(C(=O)O)nc2-c2ccc(Cl)cc2)c(C)c1. The summed E-state index contributed by atoms with van der Waals surface area (Å²) < 4.78 is 1.81. The lowest BCUT2D eigenvalue weighted by Gasteiger charge is -2.11. The summed E-state index contributed by atoms with van der Waals surface area (Å²) in [4.78, 5) is 15.6. The van der Waals surface area contributed by atoms with E-state index in [0.717, 1.165) is 22.4 Å². The van der Waals surface area contributed by atoms with Crippen molar-refractivity contribution >= 4 is 17.6 Å². The van der Waals surface area contributed by atoms with Crippen molar-refractivity contribution < 1.29 is 9.90 Å². The Morgan fingerprint density at radius 1 is 1.13 bits per heavy atom. The molecule has 0 radical (unpaired) electrons. The largest absolute Gasteiger partial charge is 0.476 e. The molecule has 0 amide bonds. The summed E-state index contributed by atoms with van der Waals surface area (Å²) in [6, 6.07) is 13.2. The van der Waals surface area contributed by atoms with Crippen molar-refractivity contribution in [1.82, 2.24) is 9.55 Å². The van der Waals surface area contributed by atoms with E-state index in [0.29, 0.717) is 10.8 Å². The Morgan fingerprint density at radius 3 is 2.43 bits per heavy atom. The van der Waals surface area contributed by atoms with Gasteiger partial charge in [0.1, 0.15) is 5.82 Å². The lowest BCUT2D eigenvalue weighted by molar-refractivity contribution is 0.0691. The van der Waals surface area contributed by atoms with E-state index in [1.807, 2.05) is 42.7 Å². The van der Waals surface area contributed by atoms with Crippen LogP contribution in [0.1, 0.15) is 21.6 Å². The van der Waals surface area contributed by atoms with Gasteiger partial charge in [-0.25, -0.2) is 9.78 Å². The van der Waals surface area contributed by atoms with E-state index >= 15 is 0 Å². The first-order valence-corrected chi connectivity index (χ1v) is 7.50. The van der Waals surface area contributed by atoms with E-state index in [1.54, 1.807) is 18.3 Å². The van der Waals surface area contributed by atoms with E-state index in [2.05, 4.69) is 11.1 Å². The number of aryl methyl sites for hydroxylation is 2. The maximum Gasteiger partial charge on any atom is 0.356 e. The van der Waals surface area contributed by atoms with Gasteiger partial charge in [0.15, 0.2) is 5.69 Å². The molecule has 0 saturated carbocycles. The Bertz CT molecular complexity index is 883. The fourth-order valence-corrected chi connectivity index (χ4v) is 2.67. The Hall–Kier alpha value is -2.59. The van der Waals surface area contributed by atoms with Gasteiger partial charge in [-0.1, -0.05) is 29.3 Å². The molecule has 4 nitrogen and oxygen atoms in total. The Labute approximate surface area is 139 Å². The van der Waals surface area contributed by atoms with Gasteiger partial charge in [-0.05, 0) is 49.7 Å². The number of carboxylic acid groups (broad SMARTS) is 1. The number of aromatic nitrogens is 2. The van der Waals surface area contributed by atoms with Crippen LogP contribution >= 0.6 is 11.6 Å². The first-order chi connectivity index (χ1) is 11.0. The second-order valence-electron chi connectivity index (χ2n) is 5.42. The molecule has 0 aliphatic carbocycles. The highest BCUT2D eigenvalue weighted by Gasteiger charge is 2.17. The van der Waals surface area contributed by atoms with Crippen molar-refractivity contribution in [3.8, 4) is 17.1 Å². The van der Waals surface area contributed by atoms with Crippen LogP contribution < -0.4 is 0 Å². The monoisotopic (exact) mass is 326 g/mol. The van der Waals surface area contributed by atoms with Crippen LogP contribution in [-0.2, 0) is 0 Å². The van der Waals surface area contributed by atoms with Crippen molar-refractivity contribution in [2.45, 2.75) is 13.8 Å². The van der Waals surface area contributed by atoms with E-state index in [4.69, 9.17) is 11.6 Å². The van der Waals surface area contributed by atoms with Crippen LogP contribution in [0.5, 0.6) is 0 Å². The normalized spacial score (nSPS) is 10.7. The van der Waals surface area contributed by atoms with Crippen molar-refractivity contribution in [2.24, 2.45) is 0 Å². The Morgan fingerprint density at radius 2 is 1.83 bits per heavy atom. The third-order valence-electron chi connectivity index (χ3n) is 3.64. The standard InChI is InChI=1S/C18H15ClN2O2/c1-11-3-8-16(12(2)9-11)21-10-15(18(22)23)20-17(21)13-4-6-14(19)7-5-13/h3-10H,1-2H3,(H,22,23). The molecule has 0 unspecified atom stereocenters. The number of carboxylic acids is 1. The van der Waals surface area contributed by atoms with Gasteiger partial charge in [-0.3, -0.25) is 4.57 Å². The number of rotatable bonds is 3. The third kappa shape index (κ3) is 2.98. The zero-order valence-corrected chi connectivity index (χ0v) is 13.5. The van der Waals surface area contributed by atoms with Crippen LogP contribution in [0.25, 0.3) is 17.1 Å². The molecule has 2 aromatic carbocycles. The summed E-state index contributed by atoms with van der Waals surface area (Å²) in [6.45, 7) is 4.02. The fourth-order valence-electron chi connectivity index (χ4n) is 2.55. The molecule has 3 rings (SSSR count). The van der Waals surface area contributed by atoms with Crippen molar-refractivity contribution in [2.75, 3.05) is 0 Å². The number of imidazole rings is 1. The summed E-state index contributed by atoms with van der Waals surface area (Å²) in [5, 5.41) is 9.90. The summed E-state index contributed by atoms with van der Waals surface area (Å²) in [5.74, 6) is -0.477. The number of halogens is 1. The van der Waals surface area contributed by atoms with Gasteiger partial charge < -0.3 is 5.11 Å². The molecule has 5 heteroatoms. The number of hydrogen-bond donors (Lipinski definition) is 1. The molecule has 1 heterocycles. The molecule has 23 heavy (non-hydrogen) atoms. The molecule has 0 spiro atoms. The highest BCUT2D eigenvalue weighted by molar-refractivity contribution is 6.30. The smallest absolute Gasteiger partial charge is 0.356 e. The lowest BCUT2D eigenvalue weighted by Crippen LogP contribution is -1.99. The van der Waals surface area contributed by atoms with Crippen LogP contribution in [0.2, 0.25) is 5.02 Å². The number of benzene rings is 2. The topological polar surface area (TPSA) is 55.1 Å². The van der Waals surface area contributed by atoms with Crippen LogP contribution in [0, 0.1) is 13.8 Å². The number of carbonyl (C=O) groups is 1. The molecule has 0 bridgehead atoms. The average molecular weight is 327 g/mol. The van der Waals surface area contributed by atoms with Gasteiger partial charge in [0, 0.05) is 16.8 Å². The van der Waals surface area contributed by atoms with Crippen molar-refractivity contribution in [3.05, 3.63) is 70.5 Å². The van der Waals surface area contributed by atoms with Crippen LogP contribution in [0.15, 0.2) is 48.7 Å². The third-order valence-corrected chi connectivity index (χ3v) is 3.89. The predicted molar refractivity (Wildman–Crippen MR) is 90.4 cm³/mol. The highest BCUT2D eigenvalue weighted by atomic mass is 35.5. The number of hydrogen-bond acceptors (Lipinski definition) is 2.